The van der Waals surface area contributed by atoms with Crippen molar-refractivity contribution < 1.29 is 18.0 Å². The van der Waals surface area contributed by atoms with Crippen LogP contribution in [0.1, 0.15) is 34.5 Å². The fourth-order valence-electron chi connectivity index (χ4n) is 4.82. The van der Waals surface area contributed by atoms with Gasteiger partial charge in [0.25, 0.3) is 5.91 Å². The second kappa shape index (κ2) is 7.65. The SMILES string of the molecule is Cc1ccc(C(=O)N2C[C@H]3C[C@@H](Nc4ccc(C(F)(F)F)cn4)[C@@H]2C3)c(-c2ccc[nH]2)n1. The zero-order valence-corrected chi connectivity index (χ0v) is 17.4. The lowest BCUT2D eigenvalue weighted by Gasteiger charge is -2.34. The van der Waals surface area contributed by atoms with Gasteiger partial charge in [-0.2, -0.15) is 13.2 Å². The van der Waals surface area contributed by atoms with Gasteiger partial charge in [-0.15, -0.1) is 0 Å². The maximum absolute atomic E-state index is 13.5. The predicted octanol–water partition coefficient (Wildman–Crippen LogP) is 4.51. The van der Waals surface area contributed by atoms with Crippen LogP contribution in [0.2, 0.25) is 0 Å². The van der Waals surface area contributed by atoms with Gasteiger partial charge in [0.05, 0.1) is 28.6 Å². The number of alkyl halides is 3. The molecule has 3 atom stereocenters. The molecule has 166 valence electrons. The van der Waals surface area contributed by atoms with Crippen LogP contribution < -0.4 is 5.32 Å². The Balaban J connectivity index is 1.36. The number of piperidine rings is 1. The first-order valence-corrected chi connectivity index (χ1v) is 10.5. The van der Waals surface area contributed by atoms with E-state index in [2.05, 4.69) is 20.3 Å². The third kappa shape index (κ3) is 3.72. The number of halogens is 3. The van der Waals surface area contributed by atoms with E-state index >= 15 is 0 Å². The van der Waals surface area contributed by atoms with Crippen molar-refractivity contribution in [2.24, 2.45) is 5.92 Å². The van der Waals surface area contributed by atoms with Gasteiger partial charge in [-0.05, 0) is 62.1 Å². The maximum Gasteiger partial charge on any atom is 0.417 e. The van der Waals surface area contributed by atoms with E-state index in [4.69, 9.17) is 0 Å². The zero-order valence-electron chi connectivity index (χ0n) is 17.4. The van der Waals surface area contributed by atoms with Crippen LogP contribution in [0.4, 0.5) is 19.0 Å². The minimum atomic E-state index is -4.42. The third-order valence-electron chi connectivity index (χ3n) is 6.28. The number of carbonyl (C=O) groups excluding carboxylic acids is 1. The first-order chi connectivity index (χ1) is 15.3. The monoisotopic (exact) mass is 441 g/mol. The highest BCUT2D eigenvalue weighted by molar-refractivity contribution is 6.00. The molecule has 2 fully saturated rings. The summed E-state index contributed by atoms with van der Waals surface area (Å²) in [5, 5.41) is 3.24. The van der Waals surface area contributed by atoms with Crippen LogP contribution in [0, 0.1) is 12.8 Å². The minimum absolute atomic E-state index is 0.0469. The van der Waals surface area contributed by atoms with Gasteiger partial charge in [0, 0.05) is 30.7 Å². The lowest BCUT2D eigenvalue weighted by atomic mass is 10.0. The Morgan fingerprint density at radius 1 is 1.19 bits per heavy atom. The lowest BCUT2D eigenvalue weighted by Crippen LogP contribution is -2.48. The first-order valence-electron chi connectivity index (χ1n) is 10.5. The molecular formula is C23H22F3N5O. The van der Waals surface area contributed by atoms with E-state index in [1.54, 1.807) is 6.20 Å². The average molecular weight is 441 g/mol. The molecule has 2 aliphatic rings. The Labute approximate surface area is 182 Å². The number of hydrogen-bond donors (Lipinski definition) is 2. The van der Waals surface area contributed by atoms with Crippen molar-refractivity contribution in [3.8, 4) is 11.4 Å². The van der Waals surface area contributed by atoms with Gasteiger partial charge in [0.15, 0.2) is 0 Å². The van der Waals surface area contributed by atoms with Gasteiger partial charge in [0.1, 0.15) is 5.82 Å². The molecule has 6 nitrogen and oxygen atoms in total. The summed E-state index contributed by atoms with van der Waals surface area (Å²) in [4.78, 5) is 27.0. The molecule has 4 heterocycles. The Morgan fingerprint density at radius 3 is 2.69 bits per heavy atom. The van der Waals surface area contributed by atoms with Crippen molar-refractivity contribution in [3.05, 3.63) is 65.6 Å². The molecule has 1 saturated carbocycles. The summed E-state index contributed by atoms with van der Waals surface area (Å²) < 4.78 is 38.4. The average Bonchev–Trinajstić information content (AvgIpc) is 3.50. The maximum atomic E-state index is 13.5. The number of likely N-dealkylation sites (tertiary alicyclic amines) is 1. The molecule has 1 amide bonds. The number of pyridine rings is 2. The van der Waals surface area contributed by atoms with Gasteiger partial charge < -0.3 is 15.2 Å². The van der Waals surface area contributed by atoms with Crippen LogP contribution in [0.15, 0.2) is 48.8 Å². The van der Waals surface area contributed by atoms with E-state index in [9.17, 15) is 18.0 Å². The van der Waals surface area contributed by atoms with Crippen LogP contribution in [-0.2, 0) is 6.18 Å². The summed E-state index contributed by atoms with van der Waals surface area (Å²) in [5.74, 6) is 0.650. The molecule has 0 radical (unpaired) electrons. The second-order valence-electron chi connectivity index (χ2n) is 8.48. The lowest BCUT2D eigenvalue weighted by molar-refractivity contribution is -0.137. The van der Waals surface area contributed by atoms with Gasteiger partial charge >= 0.3 is 6.18 Å². The van der Waals surface area contributed by atoms with Gasteiger partial charge in [0.2, 0.25) is 0 Å². The minimum Gasteiger partial charge on any atom is -0.365 e. The van der Waals surface area contributed by atoms with Gasteiger partial charge in [-0.3, -0.25) is 9.78 Å². The second-order valence-corrected chi connectivity index (χ2v) is 8.48. The van der Waals surface area contributed by atoms with Crippen molar-refractivity contribution >= 4 is 11.7 Å². The van der Waals surface area contributed by atoms with Crippen molar-refractivity contribution in [3.63, 3.8) is 0 Å². The summed E-state index contributed by atoms with van der Waals surface area (Å²) in [6.45, 7) is 2.55. The molecule has 32 heavy (non-hydrogen) atoms. The van der Waals surface area contributed by atoms with E-state index < -0.39 is 11.7 Å². The number of anilines is 1. The molecule has 3 aromatic heterocycles. The largest absolute Gasteiger partial charge is 0.417 e. The molecule has 1 saturated heterocycles. The van der Waals surface area contributed by atoms with Crippen LogP contribution >= 0.6 is 0 Å². The summed E-state index contributed by atoms with van der Waals surface area (Å²) >= 11 is 0. The Kier molecular flexibility index (Phi) is 4.91. The van der Waals surface area contributed by atoms with Gasteiger partial charge in [-0.1, -0.05) is 0 Å². The number of nitrogens with zero attached hydrogens (tertiary/aromatic N) is 3. The van der Waals surface area contributed by atoms with Crippen LogP contribution in [0.5, 0.6) is 0 Å². The standard InChI is InChI=1S/C23H22F3N5O/c1-13-4-6-16(21(29-13)17-3-2-8-27-17)22(32)31-12-14-9-18(19(31)10-14)30-20-7-5-15(11-28-20)23(24,25)26/h2-8,11,14,18-19,27H,9-10,12H2,1H3,(H,28,30)/t14-,18+,19-/m0/s1. The molecule has 0 unspecified atom stereocenters. The fourth-order valence-corrected chi connectivity index (χ4v) is 4.82. The number of amides is 1. The fraction of sp³-hybridized carbons (Fsp3) is 0.348. The smallest absolute Gasteiger partial charge is 0.365 e. The highest BCUT2D eigenvalue weighted by atomic mass is 19.4. The number of aryl methyl sites for hydroxylation is 1. The highest BCUT2D eigenvalue weighted by Gasteiger charge is 2.47. The molecule has 1 aliphatic carbocycles. The molecule has 0 spiro atoms. The number of rotatable bonds is 4. The zero-order chi connectivity index (χ0) is 22.5. The Morgan fingerprint density at radius 2 is 2.03 bits per heavy atom. The molecular weight excluding hydrogens is 419 g/mol. The van der Waals surface area contributed by atoms with E-state index in [1.165, 1.54) is 6.07 Å². The van der Waals surface area contributed by atoms with E-state index in [0.717, 1.165) is 36.5 Å². The van der Waals surface area contributed by atoms with Crippen LogP contribution in [0.3, 0.4) is 0 Å². The molecule has 3 aromatic rings. The number of carbonyl (C=O) groups is 1. The number of aromatic nitrogens is 3. The summed E-state index contributed by atoms with van der Waals surface area (Å²) in [6.07, 6.45) is -0.0739. The molecule has 9 heteroatoms. The van der Waals surface area contributed by atoms with E-state index in [-0.39, 0.29) is 18.0 Å². The number of fused-ring (bicyclic) bond motifs is 2. The van der Waals surface area contributed by atoms with Crippen molar-refractivity contribution in [2.75, 3.05) is 11.9 Å². The quantitative estimate of drug-likeness (QED) is 0.625. The number of aromatic amines is 1. The first kappa shape index (κ1) is 20.5. The third-order valence-corrected chi connectivity index (χ3v) is 6.28. The number of H-pyrrole nitrogens is 1. The highest BCUT2D eigenvalue weighted by Crippen LogP contribution is 2.40. The van der Waals surface area contributed by atoms with Crippen LogP contribution in [-0.4, -0.2) is 44.4 Å². The topological polar surface area (TPSA) is 73.9 Å². The molecule has 1 aliphatic heterocycles. The van der Waals surface area contributed by atoms with Gasteiger partial charge in [-0.25, -0.2) is 4.98 Å². The predicted molar refractivity (Wildman–Crippen MR) is 113 cm³/mol. The number of nitrogens with one attached hydrogen (secondary N) is 2. The molecule has 5 rings (SSSR count). The Hall–Kier alpha value is -3.36. The molecule has 0 aromatic carbocycles. The summed E-state index contributed by atoms with van der Waals surface area (Å²) in [7, 11) is 0. The van der Waals surface area contributed by atoms with E-state index in [0.29, 0.717) is 29.5 Å². The van der Waals surface area contributed by atoms with Crippen molar-refractivity contribution in [1.29, 1.82) is 0 Å². The van der Waals surface area contributed by atoms with Crippen LogP contribution in [0.25, 0.3) is 11.4 Å². The summed E-state index contributed by atoms with van der Waals surface area (Å²) in [6, 6.07) is 9.64. The molecule has 2 bridgehead atoms. The van der Waals surface area contributed by atoms with Crippen molar-refractivity contribution in [2.45, 2.75) is 38.0 Å². The Bertz CT molecular complexity index is 1130. The molecule has 2 N–H and O–H groups in total. The summed E-state index contributed by atoms with van der Waals surface area (Å²) in [5.41, 5.74) is 1.98. The normalized spacial score (nSPS) is 22.4. The van der Waals surface area contributed by atoms with Crippen molar-refractivity contribution in [1.82, 2.24) is 19.9 Å². The van der Waals surface area contributed by atoms with E-state index in [1.807, 2.05) is 36.1 Å². The number of hydrogen-bond acceptors (Lipinski definition) is 4.